The fraction of sp³-hybridized carbons (Fsp3) is 0.609. The highest BCUT2D eigenvalue weighted by Crippen LogP contribution is 2.36. The lowest BCUT2D eigenvalue weighted by molar-refractivity contribution is -0.137. The SMILES string of the molecule is CCc1ccc(CCC(O)/C=C/[C@H]2C(O)CC(O)[C@@H]2C/C=C\CCCC(=O)O)s1. The minimum absolute atomic E-state index is 0.0893. The molecule has 29 heavy (non-hydrogen) atoms. The second-order valence-corrected chi connectivity index (χ2v) is 9.07. The van der Waals surface area contributed by atoms with Gasteiger partial charge in [-0.3, -0.25) is 4.79 Å². The molecule has 1 aliphatic rings. The fourth-order valence-electron chi connectivity index (χ4n) is 3.84. The molecule has 0 aromatic carbocycles. The van der Waals surface area contributed by atoms with Gasteiger partial charge >= 0.3 is 5.97 Å². The maximum absolute atomic E-state index is 10.5. The number of aliphatic hydroxyl groups excluding tert-OH is 3. The number of carboxylic acid groups (broad SMARTS) is 1. The molecular formula is C23H34O5S. The molecule has 5 atom stereocenters. The van der Waals surface area contributed by atoms with Gasteiger partial charge in [0, 0.05) is 28.5 Å². The third kappa shape index (κ3) is 8.05. The van der Waals surface area contributed by atoms with Crippen LogP contribution in [-0.2, 0) is 17.6 Å². The van der Waals surface area contributed by atoms with E-state index >= 15 is 0 Å². The molecule has 3 unspecified atom stereocenters. The summed E-state index contributed by atoms with van der Waals surface area (Å²) in [6.45, 7) is 2.14. The van der Waals surface area contributed by atoms with E-state index in [2.05, 4.69) is 19.1 Å². The summed E-state index contributed by atoms with van der Waals surface area (Å²) >= 11 is 1.79. The number of aryl methyl sites for hydroxylation is 2. The number of aliphatic carboxylic acids is 1. The van der Waals surface area contributed by atoms with Gasteiger partial charge in [-0.15, -0.1) is 11.3 Å². The molecule has 1 fully saturated rings. The lowest BCUT2D eigenvalue weighted by Crippen LogP contribution is -2.20. The van der Waals surface area contributed by atoms with Gasteiger partial charge < -0.3 is 20.4 Å². The largest absolute Gasteiger partial charge is 0.481 e. The Morgan fingerprint density at radius 1 is 1.24 bits per heavy atom. The molecule has 2 rings (SSSR count). The average Bonchev–Trinajstić information content (AvgIpc) is 3.25. The second-order valence-electron chi connectivity index (χ2n) is 7.82. The van der Waals surface area contributed by atoms with Crippen LogP contribution in [0.4, 0.5) is 0 Å². The Labute approximate surface area is 177 Å². The molecule has 0 spiro atoms. The number of hydrogen-bond acceptors (Lipinski definition) is 5. The number of allylic oxidation sites excluding steroid dienone is 2. The van der Waals surface area contributed by atoms with Crippen LogP contribution in [0.3, 0.4) is 0 Å². The van der Waals surface area contributed by atoms with Gasteiger partial charge in [-0.05, 0) is 56.6 Å². The first-order chi connectivity index (χ1) is 13.9. The summed E-state index contributed by atoms with van der Waals surface area (Å²) in [7, 11) is 0. The number of aliphatic hydroxyl groups is 3. The first-order valence-corrected chi connectivity index (χ1v) is 11.4. The lowest BCUT2D eigenvalue weighted by Gasteiger charge is -2.19. The molecule has 4 N–H and O–H groups in total. The van der Waals surface area contributed by atoms with E-state index in [1.165, 1.54) is 9.75 Å². The minimum atomic E-state index is -0.790. The van der Waals surface area contributed by atoms with E-state index in [-0.39, 0.29) is 18.3 Å². The van der Waals surface area contributed by atoms with Crippen molar-refractivity contribution in [3.8, 4) is 0 Å². The van der Waals surface area contributed by atoms with Crippen molar-refractivity contribution in [3.05, 3.63) is 46.2 Å². The molecule has 1 aromatic rings. The van der Waals surface area contributed by atoms with Crippen LogP contribution in [0.25, 0.3) is 0 Å². The Hall–Kier alpha value is -1.47. The highest BCUT2D eigenvalue weighted by molar-refractivity contribution is 7.11. The molecule has 1 heterocycles. The van der Waals surface area contributed by atoms with Crippen LogP contribution in [0.15, 0.2) is 36.4 Å². The van der Waals surface area contributed by atoms with Gasteiger partial charge in [0.2, 0.25) is 0 Å². The Bertz CT molecular complexity index is 681. The number of thiophene rings is 1. The first kappa shape index (κ1) is 23.8. The molecule has 162 valence electrons. The number of carboxylic acids is 1. The van der Waals surface area contributed by atoms with Crippen molar-refractivity contribution >= 4 is 17.3 Å². The summed E-state index contributed by atoms with van der Waals surface area (Å²) in [5.41, 5.74) is 0. The quantitative estimate of drug-likeness (QED) is 0.304. The third-order valence-electron chi connectivity index (χ3n) is 5.56. The smallest absolute Gasteiger partial charge is 0.303 e. The van der Waals surface area contributed by atoms with Crippen molar-refractivity contribution in [1.82, 2.24) is 0 Å². The maximum Gasteiger partial charge on any atom is 0.303 e. The van der Waals surface area contributed by atoms with Crippen molar-refractivity contribution < 1.29 is 25.2 Å². The minimum Gasteiger partial charge on any atom is -0.481 e. The normalized spacial score (nSPS) is 25.9. The van der Waals surface area contributed by atoms with Crippen LogP contribution >= 0.6 is 11.3 Å². The van der Waals surface area contributed by atoms with Crippen LogP contribution in [-0.4, -0.2) is 44.7 Å². The van der Waals surface area contributed by atoms with Gasteiger partial charge in [-0.2, -0.15) is 0 Å². The van der Waals surface area contributed by atoms with Crippen molar-refractivity contribution in [2.24, 2.45) is 11.8 Å². The van der Waals surface area contributed by atoms with Crippen molar-refractivity contribution in [2.75, 3.05) is 0 Å². The molecule has 1 aromatic heterocycles. The monoisotopic (exact) mass is 422 g/mol. The zero-order valence-electron chi connectivity index (χ0n) is 17.1. The van der Waals surface area contributed by atoms with Gasteiger partial charge in [0.1, 0.15) is 0 Å². The summed E-state index contributed by atoms with van der Waals surface area (Å²) < 4.78 is 0. The van der Waals surface area contributed by atoms with E-state index in [1.54, 1.807) is 17.4 Å². The standard InChI is InChI=1S/C23H34O5S/c1-2-17-12-13-18(29-17)11-9-16(24)10-14-20-19(21(25)15-22(20)26)7-5-3-4-6-8-23(27)28/h3,5,10,12-14,16,19-22,24-26H,2,4,6-9,11,15H2,1H3,(H,27,28)/b5-3-,14-10+/t16?,19-,20-,21?,22?/m1/s1. The molecular weight excluding hydrogens is 388 g/mol. The van der Waals surface area contributed by atoms with Crippen molar-refractivity contribution in [3.63, 3.8) is 0 Å². The Kier molecular flexibility index (Phi) is 10.1. The van der Waals surface area contributed by atoms with Gasteiger partial charge in [0.05, 0.1) is 18.3 Å². The molecule has 1 aliphatic carbocycles. The van der Waals surface area contributed by atoms with Crippen molar-refractivity contribution in [2.45, 2.75) is 76.6 Å². The highest BCUT2D eigenvalue weighted by Gasteiger charge is 2.39. The molecule has 0 saturated heterocycles. The summed E-state index contributed by atoms with van der Waals surface area (Å²) in [4.78, 5) is 13.1. The zero-order chi connectivity index (χ0) is 21.2. The van der Waals surface area contributed by atoms with Crippen LogP contribution in [0, 0.1) is 11.8 Å². The van der Waals surface area contributed by atoms with E-state index in [0.29, 0.717) is 32.1 Å². The van der Waals surface area contributed by atoms with Gasteiger partial charge in [0.15, 0.2) is 0 Å². The van der Waals surface area contributed by atoms with Crippen LogP contribution < -0.4 is 0 Å². The second kappa shape index (κ2) is 12.3. The molecule has 0 aliphatic heterocycles. The van der Waals surface area contributed by atoms with E-state index in [0.717, 1.165) is 12.8 Å². The number of hydrogen-bond donors (Lipinski definition) is 4. The lowest BCUT2D eigenvalue weighted by atomic mass is 9.89. The maximum atomic E-state index is 10.5. The Morgan fingerprint density at radius 2 is 2.00 bits per heavy atom. The topological polar surface area (TPSA) is 98.0 Å². The summed E-state index contributed by atoms with van der Waals surface area (Å²) in [6.07, 6.45) is 10.7. The van der Waals surface area contributed by atoms with E-state index < -0.39 is 24.3 Å². The van der Waals surface area contributed by atoms with Gasteiger partial charge in [-0.1, -0.05) is 31.2 Å². The predicted octanol–water partition coefficient (Wildman–Crippen LogP) is 3.72. The Morgan fingerprint density at radius 3 is 2.69 bits per heavy atom. The molecule has 5 nitrogen and oxygen atoms in total. The van der Waals surface area contributed by atoms with Crippen LogP contribution in [0.1, 0.15) is 55.2 Å². The van der Waals surface area contributed by atoms with Gasteiger partial charge in [-0.25, -0.2) is 0 Å². The molecule has 1 saturated carbocycles. The molecule has 0 amide bonds. The van der Waals surface area contributed by atoms with Crippen LogP contribution in [0.5, 0.6) is 0 Å². The van der Waals surface area contributed by atoms with Gasteiger partial charge in [0.25, 0.3) is 0 Å². The number of rotatable bonds is 12. The zero-order valence-corrected chi connectivity index (χ0v) is 17.9. The molecule has 6 heteroatoms. The molecule has 0 bridgehead atoms. The fourth-order valence-corrected chi connectivity index (χ4v) is 4.81. The van der Waals surface area contributed by atoms with Crippen LogP contribution in [0.2, 0.25) is 0 Å². The summed E-state index contributed by atoms with van der Waals surface area (Å²) in [5, 5.41) is 39.5. The van der Waals surface area contributed by atoms with E-state index in [1.807, 2.05) is 18.2 Å². The predicted molar refractivity (Wildman–Crippen MR) is 116 cm³/mol. The molecule has 0 radical (unpaired) electrons. The number of carbonyl (C=O) groups is 1. The summed E-state index contributed by atoms with van der Waals surface area (Å²) in [6, 6.07) is 4.26. The van der Waals surface area contributed by atoms with E-state index in [4.69, 9.17) is 5.11 Å². The average molecular weight is 423 g/mol. The third-order valence-corrected chi connectivity index (χ3v) is 6.85. The number of unbranched alkanes of at least 4 members (excludes halogenated alkanes) is 1. The first-order valence-electron chi connectivity index (χ1n) is 10.6. The Balaban J connectivity index is 1.81. The summed E-state index contributed by atoms with van der Waals surface area (Å²) in [5.74, 6) is -1.06. The van der Waals surface area contributed by atoms with Crippen molar-refractivity contribution in [1.29, 1.82) is 0 Å². The highest BCUT2D eigenvalue weighted by atomic mass is 32.1. The van der Waals surface area contributed by atoms with E-state index in [9.17, 15) is 20.1 Å².